The first-order valence-electron chi connectivity index (χ1n) is 6.28. The highest BCUT2D eigenvalue weighted by Gasteiger charge is 2.21. The summed E-state index contributed by atoms with van der Waals surface area (Å²) in [7, 11) is 1.80. The summed E-state index contributed by atoms with van der Waals surface area (Å²) in [5, 5.41) is 6.75. The molecule has 1 amide bonds. The van der Waals surface area contributed by atoms with E-state index >= 15 is 0 Å². The van der Waals surface area contributed by atoms with Crippen LogP contribution < -0.4 is 11.1 Å². The fourth-order valence-electron chi connectivity index (χ4n) is 2.18. The Bertz CT molecular complexity index is 399. The molecule has 0 spiro atoms. The summed E-state index contributed by atoms with van der Waals surface area (Å²) in [4.78, 5) is 11.9. The number of hydrogen-bond donors (Lipinski definition) is 2. The molecular formula is C12H20N4O2. The minimum Gasteiger partial charge on any atom is -0.381 e. The van der Waals surface area contributed by atoms with Crippen molar-refractivity contribution in [3.05, 3.63) is 12.4 Å². The number of carbonyl (C=O) groups excluding carboxylic acids is 1. The first-order valence-corrected chi connectivity index (χ1v) is 6.28. The largest absolute Gasteiger partial charge is 0.381 e. The van der Waals surface area contributed by atoms with E-state index in [1.54, 1.807) is 24.1 Å². The Balaban J connectivity index is 1.80. The molecule has 1 aromatic heterocycles. The molecule has 2 heterocycles. The highest BCUT2D eigenvalue weighted by molar-refractivity contribution is 5.94. The molecule has 0 aliphatic carbocycles. The zero-order valence-electron chi connectivity index (χ0n) is 10.6. The summed E-state index contributed by atoms with van der Waals surface area (Å²) >= 11 is 0. The van der Waals surface area contributed by atoms with E-state index in [0.29, 0.717) is 24.6 Å². The maximum absolute atomic E-state index is 11.9. The van der Waals surface area contributed by atoms with Crippen molar-refractivity contribution in [1.29, 1.82) is 0 Å². The summed E-state index contributed by atoms with van der Waals surface area (Å²) in [6, 6.07) is -0.489. The minimum absolute atomic E-state index is 0.159. The van der Waals surface area contributed by atoms with Crippen molar-refractivity contribution in [1.82, 2.24) is 9.78 Å². The fourth-order valence-corrected chi connectivity index (χ4v) is 2.18. The van der Waals surface area contributed by atoms with Crippen LogP contribution in [0.25, 0.3) is 0 Å². The van der Waals surface area contributed by atoms with Crippen molar-refractivity contribution in [3.8, 4) is 0 Å². The van der Waals surface area contributed by atoms with Crippen molar-refractivity contribution in [3.63, 3.8) is 0 Å². The van der Waals surface area contributed by atoms with E-state index < -0.39 is 6.04 Å². The third-order valence-corrected chi connectivity index (χ3v) is 3.15. The molecule has 6 heteroatoms. The summed E-state index contributed by atoms with van der Waals surface area (Å²) in [5.41, 5.74) is 6.59. The Morgan fingerprint density at radius 1 is 1.78 bits per heavy atom. The van der Waals surface area contributed by atoms with E-state index in [2.05, 4.69) is 10.4 Å². The topological polar surface area (TPSA) is 82.2 Å². The number of carbonyl (C=O) groups is 1. The minimum atomic E-state index is -0.489. The summed E-state index contributed by atoms with van der Waals surface area (Å²) < 4.78 is 7.02. The lowest BCUT2D eigenvalue weighted by molar-refractivity contribution is -0.118. The summed E-state index contributed by atoms with van der Waals surface area (Å²) in [6.45, 7) is 1.54. The van der Waals surface area contributed by atoms with Gasteiger partial charge in [0.15, 0.2) is 0 Å². The molecule has 1 aliphatic rings. The summed E-state index contributed by atoms with van der Waals surface area (Å²) in [5.74, 6) is 0.238. The van der Waals surface area contributed by atoms with Gasteiger partial charge in [0, 0.05) is 26.5 Å². The number of rotatable bonds is 4. The lowest BCUT2D eigenvalue weighted by Gasteiger charge is -2.24. The number of hydrogen-bond acceptors (Lipinski definition) is 4. The molecule has 1 aromatic rings. The number of amides is 1. The van der Waals surface area contributed by atoms with E-state index in [1.165, 1.54) is 0 Å². The molecule has 6 nitrogen and oxygen atoms in total. The average molecular weight is 252 g/mol. The van der Waals surface area contributed by atoms with Gasteiger partial charge in [0.25, 0.3) is 0 Å². The number of nitrogens with two attached hydrogens (primary N) is 1. The third kappa shape index (κ3) is 3.54. The first-order chi connectivity index (χ1) is 8.65. The van der Waals surface area contributed by atoms with E-state index in [4.69, 9.17) is 10.5 Å². The van der Waals surface area contributed by atoms with Gasteiger partial charge in [0.1, 0.15) is 0 Å². The Labute approximate surface area is 106 Å². The molecular weight excluding hydrogens is 232 g/mol. The van der Waals surface area contributed by atoms with Gasteiger partial charge in [-0.05, 0) is 25.2 Å². The van der Waals surface area contributed by atoms with Crippen LogP contribution in [-0.2, 0) is 16.6 Å². The lowest BCUT2D eigenvalue weighted by atomic mass is 9.94. The SMILES string of the molecule is Cn1cc(NC(=O)[C@@H](N)CC2CCCOC2)cn1. The van der Waals surface area contributed by atoms with Crippen molar-refractivity contribution in [2.45, 2.75) is 25.3 Å². The Morgan fingerprint density at radius 3 is 3.22 bits per heavy atom. The number of aryl methyl sites for hydroxylation is 1. The lowest BCUT2D eigenvalue weighted by Crippen LogP contribution is -2.38. The van der Waals surface area contributed by atoms with Gasteiger partial charge in [-0.25, -0.2) is 0 Å². The number of aromatic nitrogens is 2. The van der Waals surface area contributed by atoms with E-state index in [9.17, 15) is 4.79 Å². The van der Waals surface area contributed by atoms with Crippen molar-refractivity contribution in [2.75, 3.05) is 18.5 Å². The van der Waals surface area contributed by atoms with Crippen LogP contribution in [0.4, 0.5) is 5.69 Å². The Morgan fingerprint density at radius 2 is 2.61 bits per heavy atom. The molecule has 100 valence electrons. The highest BCUT2D eigenvalue weighted by atomic mass is 16.5. The third-order valence-electron chi connectivity index (χ3n) is 3.15. The highest BCUT2D eigenvalue weighted by Crippen LogP contribution is 2.18. The zero-order chi connectivity index (χ0) is 13.0. The van der Waals surface area contributed by atoms with Crippen LogP contribution in [0.5, 0.6) is 0 Å². The molecule has 1 unspecified atom stereocenters. The number of anilines is 1. The van der Waals surface area contributed by atoms with Gasteiger partial charge in [-0.1, -0.05) is 0 Å². The molecule has 1 fully saturated rings. The van der Waals surface area contributed by atoms with E-state index in [-0.39, 0.29) is 5.91 Å². The Hall–Kier alpha value is -1.40. The van der Waals surface area contributed by atoms with Gasteiger partial charge in [0.05, 0.1) is 17.9 Å². The van der Waals surface area contributed by atoms with Gasteiger partial charge in [-0.15, -0.1) is 0 Å². The van der Waals surface area contributed by atoms with Crippen LogP contribution in [0, 0.1) is 5.92 Å². The van der Waals surface area contributed by atoms with Gasteiger partial charge in [-0.2, -0.15) is 5.10 Å². The van der Waals surface area contributed by atoms with Crippen molar-refractivity contribution in [2.24, 2.45) is 18.7 Å². The monoisotopic (exact) mass is 252 g/mol. The van der Waals surface area contributed by atoms with Crippen LogP contribution >= 0.6 is 0 Å². The van der Waals surface area contributed by atoms with Crippen LogP contribution in [0.15, 0.2) is 12.4 Å². The van der Waals surface area contributed by atoms with Crippen LogP contribution in [0.1, 0.15) is 19.3 Å². The number of nitrogens with one attached hydrogen (secondary N) is 1. The van der Waals surface area contributed by atoms with Crippen LogP contribution in [-0.4, -0.2) is 34.9 Å². The molecule has 0 radical (unpaired) electrons. The zero-order valence-corrected chi connectivity index (χ0v) is 10.6. The van der Waals surface area contributed by atoms with Gasteiger partial charge in [-0.3, -0.25) is 9.48 Å². The predicted octanol–water partition coefficient (Wildman–Crippen LogP) is 0.503. The van der Waals surface area contributed by atoms with Gasteiger partial charge >= 0.3 is 0 Å². The van der Waals surface area contributed by atoms with E-state index in [0.717, 1.165) is 19.4 Å². The molecule has 0 aromatic carbocycles. The molecule has 3 N–H and O–H groups in total. The summed E-state index contributed by atoms with van der Waals surface area (Å²) in [6.07, 6.45) is 6.17. The predicted molar refractivity (Wildman–Crippen MR) is 68.0 cm³/mol. The van der Waals surface area contributed by atoms with Gasteiger partial charge < -0.3 is 15.8 Å². The molecule has 0 bridgehead atoms. The second kappa shape index (κ2) is 5.97. The van der Waals surface area contributed by atoms with Crippen molar-refractivity contribution >= 4 is 11.6 Å². The normalized spacial score (nSPS) is 21.6. The van der Waals surface area contributed by atoms with Gasteiger partial charge in [0.2, 0.25) is 5.91 Å². The second-order valence-electron chi connectivity index (χ2n) is 4.82. The Kier molecular flexibility index (Phi) is 4.33. The van der Waals surface area contributed by atoms with E-state index in [1.807, 2.05) is 0 Å². The number of ether oxygens (including phenoxy) is 1. The second-order valence-corrected chi connectivity index (χ2v) is 4.82. The standard InChI is InChI=1S/C12H20N4O2/c1-16-7-10(6-14-16)15-12(17)11(13)5-9-3-2-4-18-8-9/h6-7,9,11H,2-5,8,13H2,1H3,(H,15,17)/t9?,11-/m0/s1. The molecule has 2 atom stereocenters. The molecule has 0 saturated carbocycles. The first kappa shape index (κ1) is 13.0. The average Bonchev–Trinajstić information content (AvgIpc) is 2.76. The molecule has 2 rings (SSSR count). The van der Waals surface area contributed by atoms with Crippen molar-refractivity contribution < 1.29 is 9.53 Å². The fraction of sp³-hybridized carbons (Fsp3) is 0.667. The van der Waals surface area contributed by atoms with Crippen LogP contribution in [0.3, 0.4) is 0 Å². The maximum Gasteiger partial charge on any atom is 0.241 e. The van der Waals surface area contributed by atoms with Crippen LogP contribution in [0.2, 0.25) is 0 Å². The maximum atomic E-state index is 11.9. The smallest absolute Gasteiger partial charge is 0.241 e. The molecule has 1 aliphatic heterocycles. The number of nitrogens with zero attached hydrogens (tertiary/aromatic N) is 2. The molecule has 18 heavy (non-hydrogen) atoms. The molecule has 1 saturated heterocycles. The quantitative estimate of drug-likeness (QED) is 0.817.